The number of thiophene rings is 2. The largest absolute Gasteiger partial charge is 0.486 e. The lowest BCUT2D eigenvalue weighted by Crippen LogP contribution is -2.30. The molecule has 0 bridgehead atoms. The highest BCUT2D eigenvalue weighted by Crippen LogP contribution is 2.35. The molecule has 0 aliphatic carbocycles. The van der Waals surface area contributed by atoms with Gasteiger partial charge in [0.15, 0.2) is 11.5 Å². The third kappa shape index (κ3) is 3.92. The van der Waals surface area contributed by atoms with Crippen molar-refractivity contribution in [2.45, 2.75) is 19.4 Å². The fourth-order valence-corrected chi connectivity index (χ4v) is 4.30. The Kier molecular flexibility index (Phi) is 5.22. The molecular formula is C20H19NO3S2. The zero-order chi connectivity index (χ0) is 17.8. The smallest absolute Gasteiger partial charge is 0.227 e. The number of aryl methyl sites for hydroxylation is 1. The minimum absolute atomic E-state index is 0.112. The minimum atomic E-state index is 0.112. The van der Waals surface area contributed by atoms with Gasteiger partial charge in [-0.1, -0.05) is 6.07 Å². The lowest BCUT2D eigenvalue weighted by atomic mass is 10.1. The molecule has 0 fully saturated rings. The van der Waals surface area contributed by atoms with E-state index in [-0.39, 0.29) is 5.91 Å². The summed E-state index contributed by atoms with van der Waals surface area (Å²) in [4.78, 5) is 16.0. The van der Waals surface area contributed by atoms with Crippen molar-refractivity contribution >= 4 is 34.3 Å². The number of nitrogens with zero attached hydrogens (tertiary/aromatic N) is 1. The van der Waals surface area contributed by atoms with Crippen LogP contribution in [0.4, 0.5) is 5.69 Å². The first-order chi connectivity index (χ1) is 12.8. The van der Waals surface area contributed by atoms with E-state index in [1.54, 1.807) is 22.7 Å². The highest BCUT2D eigenvalue weighted by molar-refractivity contribution is 7.09. The summed E-state index contributed by atoms with van der Waals surface area (Å²) in [7, 11) is 0. The zero-order valence-corrected chi connectivity index (χ0v) is 15.9. The topological polar surface area (TPSA) is 38.8 Å². The molecule has 3 aromatic rings. The predicted molar refractivity (Wildman–Crippen MR) is 106 cm³/mol. The van der Waals surface area contributed by atoms with Crippen LogP contribution in [0.15, 0.2) is 52.5 Å². The van der Waals surface area contributed by atoms with Crippen molar-refractivity contribution in [2.75, 3.05) is 18.1 Å². The average Bonchev–Trinajstić information content (AvgIpc) is 3.37. The molecule has 26 heavy (non-hydrogen) atoms. The number of amides is 1. The zero-order valence-electron chi connectivity index (χ0n) is 14.2. The van der Waals surface area contributed by atoms with Crippen LogP contribution in [-0.4, -0.2) is 19.1 Å². The molecule has 3 heterocycles. The average molecular weight is 386 g/mol. The van der Waals surface area contributed by atoms with Crippen molar-refractivity contribution in [3.63, 3.8) is 0 Å². The van der Waals surface area contributed by atoms with E-state index in [1.165, 1.54) is 5.56 Å². The van der Waals surface area contributed by atoms with Crippen molar-refractivity contribution in [3.05, 3.63) is 63.0 Å². The summed E-state index contributed by atoms with van der Waals surface area (Å²) in [6, 6.07) is 11.9. The number of rotatable bonds is 6. The van der Waals surface area contributed by atoms with Crippen LogP contribution in [0, 0.1) is 0 Å². The van der Waals surface area contributed by atoms with E-state index in [4.69, 9.17) is 9.47 Å². The van der Waals surface area contributed by atoms with Crippen LogP contribution in [0.3, 0.4) is 0 Å². The summed E-state index contributed by atoms with van der Waals surface area (Å²) in [5.41, 5.74) is 2.06. The SMILES string of the molecule is O=C(CCc1ccsc1)N(Cc1cccs1)c1ccc2c(c1)OCCO2. The van der Waals surface area contributed by atoms with Gasteiger partial charge in [-0.2, -0.15) is 11.3 Å². The van der Waals surface area contributed by atoms with Crippen molar-refractivity contribution in [1.82, 2.24) is 0 Å². The first-order valence-electron chi connectivity index (χ1n) is 8.53. The summed E-state index contributed by atoms with van der Waals surface area (Å²) in [6.45, 7) is 1.66. The highest BCUT2D eigenvalue weighted by Gasteiger charge is 2.20. The Hall–Kier alpha value is -2.31. The van der Waals surface area contributed by atoms with Gasteiger partial charge in [-0.05, 0) is 52.4 Å². The molecule has 1 aromatic carbocycles. The standard InChI is InChI=1S/C20H19NO3S2/c22-20(6-3-15-7-11-25-14-15)21(13-17-2-1-10-26-17)16-4-5-18-19(12-16)24-9-8-23-18/h1-2,4-5,7,10-12,14H,3,6,8-9,13H2. The molecule has 0 saturated carbocycles. The number of fused-ring (bicyclic) bond motifs is 1. The third-order valence-corrected chi connectivity index (χ3v) is 5.83. The number of hydrogen-bond donors (Lipinski definition) is 0. The fraction of sp³-hybridized carbons (Fsp3) is 0.250. The first kappa shape index (κ1) is 17.1. The van der Waals surface area contributed by atoms with Crippen LogP contribution in [-0.2, 0) is 17.8 Å². The molecule has 4 nitrogen and oxygen atoms in total. The number of carbonyl (C=O) groups excluding carboxylic acids is 1. The Labute approximate surface area is 160 Å². The maximum absolute atomic E-state index is 13.0. The lowest BCUT2D eigenvalue weighted by molar-refractivity contribution is -0.118. The molecule has 0 radical (unpaired) electrons. The van der Waals surface area contributed by atoms with Crippen LogP contribution in [0.25, 0.3) is 0 Å². The molecule has 6 heteroatoms. The van der Waals surface area contributed by atoms with E-state index in [1.807, 2.05) is 39.9 Å². The van der Waals surface area contributed by atoms with Gasteiger partial charge in [0, 0.05) is 23.1 Å². The van der Waals surface area contributed by atoms with Crippen molar-refractivity contribution < 1.29 is 14.3 Å². The van der Waals surface area contributed by atoms with Gasteiger partial charge in [0.1, 0.15) is 13.2 Å². The van der Waals surface area contributed by atoms with Crippen LogP contribution in [0.1, 0.15) is 16.9 Å². The Morgan fingerprint density at radius 3 is 2.73 bits per heavy atom. The number of benzene rings is 1. The molecule has 0 atom stereocenters. The van der Waals surface area contributed by atoms with Crippen molar-refractivity contribution in [3.8, 4) is 11.5 Å². The normalized spacial score (nSPS) is 12.8. The van der Waals surface area contributed by atoms with Crippen molar-refractivity contribution in [2.24, 2.45) is 0 Å². The lowest BCUT2D eigenvalue weighted by Gasteiger charge is -2.25. The number of anilines is 1. The molecule has 0 spiro atoms. The quantitative estimate of drug-likeness (QED) is 0.615. The second-order valence-corrected chi connectivity index (χ2v) is 7.83. The number of hydrogen-bond acceptors (Lipinski definition) is 5. The molecule has 134 valence electrons. The minimum Gasteiger partial charge on any atom is -0.486 e. The molecule has 1 aliphatic heterocycles. The fourth-order valence-electron chi connectivity index (χ4n) is 2.90. The van der Waals surface area contributed by atoms with Crippen LogP contribution in [0.2, 0.25) is 0 Å². The molecule has 4 rings (SSSR count). The summed E-state index contributed by atoms with van der Waals surface area (Å²) in [6.07, 6.45) is 1.24. The van der Waals surface area contributed by atoms with Crippen LogP contribution >= 0.6 is 22.7 Å². The van der Waals surface area contributed by atoms with Crippen LogP contribution in [0.5, 0.6) is 11.5 Å². The van der Waals surface area contributed by atoms with E-state index in [0.717, 1.165) is 22.7 Å². The van der Waals surface area contributed by atoms with E-state index in [9.17, 15) is 4.79 Å². The molecule has 1 aliphatic rings. The second kappa shape index (κ2) is 7.93. The third-order valence-electron chi connectivity index (χ3n) is 4.24. The van der Waals surface area contributed by atoms with Gasteiger partial charge in [0.2, 0.25) is 5.91 Å². The van der Waals surface area contributed by atoms with Gasteiger partial charge in [-0.15, -0.1) is 11.3 Å². The molecule has 0 saturated heterocycles. The molecule has 2 aromatic heterocycles. The summed E-state index contributed by atoms with van der Waals surface area (Å²) >= 11 is 3.32. The Balaban J connectivity index is 1.56. The Morgan fingerprint density at radius 2 is 1.96 bits per heavy atom. The van der Waals surface area contributed by atoms with E-state index < -0.39 is 0 Å². The summed E-state index contributed by atoms with van der Waals surface area (Å²) < 4.78 is 11.3. The molecular weight excluding hydrogens is 366 g/mol. The first-order valence-corrected chi connectivity index (χ1v) is 10.4. The summed E-state index contributed by atoms with van der Waals surface area (Å²) in [5, 5.41) is 6.18. The van der Waals surface area contributed by atoms with Gasteiger partial charge in [-0.25, -0.2) is 0 Å². The van der Waals surface area contributed by atoms with Gasteiger partial charge in [-0.3, -0.25) is 4.79 Å². The summed E-state index contributed by atoms with van der Waals surface area (Å²) in [5.74, 6) is 1.55. The van der Waals surface area contributed by atoms with E-state index >= 15 is 0 Å². The van der Waals surface area contributed by atoms with E-state index in [2.05, 4.69) is 17.5 Å². The van der Waals surface area contributed by atoms with E-state index in [0.29, 0.717) is 31.9 Å². The van der Waals surface area contributed by atoms with Gasteiger partial charge >= 0.3 is 0 Å². The van der Waals surface area contributed by atoms with Crippen molar-refractivity contribution in [1.29, 1.82) is 0 Å². The predicted octanol–water partition coefficient (Wildman–Crippen LogP) is 4.75. The molecule has 0 N–H and O–H groups in total. The monoisotopic (exact) mass is 385 g/mol. The molecule has 0 unspecified atom stereocenters. The highest BCUT2D eigenvalue weighted by atomic mass is 32.1. The van der Waals surface area contributed by atoms with Gasteiger partial charge < -0.3 is 14.4 Å². The Morgan fingerprint density at radius 1 is 1.08 bits per heavy atom. The van der Waals surface area contributed by atoms with Gasteiger partial charge in [0.25, 0.3) is 0 Å². The van der Waals surface area contributed by atoms with Crippen LogP contribution < -0.4 is 14.4 Å². The Bertz CT molecular complexity index is 859. The number of carbonyl (C=O) groups is 1. The maximum atomic E-state index is 13.0. The number of ether oxygens (including phenoxy) is 2. The maximum Gasteiger partial charge on any atom is 0.227 e. The molecule has 1 amide bonds. The second-order valence-electron chi connectivity index (χ2n) is 6.02. The van der Waals surface area contributed by atoms with Gasteiger partial charge in [0.05, 0.1) is 6.54 Å².